The van der Waals surface area contributed by atoms with Gasteiger partial charge in [0.2, 0.25) is 0 Å². The molecular formula is C78H149O17P. The minimum atomic E-state index is -4.33. The molecule has 568 valence electrons. The molecule has 2 heterocycles. The molecule has 0 aromatic heterocycles. The largest absolute Gasteiger partial charge is 0.475 e. The summed E-state index contributed by atoms with van der Waals surface area (Å²) in [5.74, 6) is -2.44. The third-order valence-electron chi connectivity index (χ3n) is 18.8. The molecule has 0 aromatic carbocycles. The second-order valence-electron chi connectivity index (χ2n) is 28.0. The van der Waals surface area contributed by atoms with E-state index in [2.05, 4.69) is 48.5 Å². The van der Waals surface area contributed by atoms with E-state index in [1.807, 2.05) is 27.7 Å². The van der Waals surface area contributed by atoms with E-state index < -0.39 is 80.9 Å². The maximum Gasteiger partial charge on any atom is 0.475 e. The van der Waals surface area contributed by atoms with E-state index in [0.717, 1.165) is 135 Å². The predicted molar refractivity (Wildman–Crippen MR) is 386 cm³/mol. The number of carbonyl (C=O) groups is 3. The summed E-state index contributed by atoms with van der Waals surface area (Å²) in [5.41, 5.74) is 0. The molecule has 0 saturated carbocycles. The van der Waals surface area contributed by atoms with Crippen LogP contribution in [0.25, 0.3) is 0 Å². The van der Waals surface area contributed by atoms with Gasteiger partial charge < -0.3 is 47.4 Å². The monoisotopic (exact) mass is 1390 g/mol. The first-order chi connectivity index (χ1) is 46.8. The van der Waals surface area contributed by atoms with Crippen molar-refractivity contribution in [1.82, 2.24) is 0 Å². The van der Waals surface area contributed by atoms with E-state index in [1.54, 1.807) is 0 Å². The maximum absolute atomic E-state index is 15.0. The molecule has 18 heteroatoms. The van der Waals surface area contributed by atoms with Crippen LogP contribution in [-0.2, 0) is 79.9 Å². The first-order valence-electron chi connectivity index (χ1n) is 40.3. The van der Waals surface area contributed by atoms with Gasteiger partial charge in [-0.15, -0.1) is 0 Å². The fourth-order valence-corrected chi connectivity index (χ4v) is 13.9. The number of carbonyl (C=O) groups excluding carboxylic acids is 3. The summed E-state index contributed by atoms with van der Waals surface area (Å²) >= 11 is 0. The smallest absolute Gasteiger partial charge is 0.462 e. The fourth-order valence-electron chi connectivity index (χ4n) is 12.4. The van der Waals surface area contributed by atoms with Gasteiger partial charge in [0.1, 0.15) is 42.7 Å². The van der Waals surface area contributed by atoms with E-state index >= 15 is 4.57 Å². The summed E-state index contributed by atoms with van der Waals surface area (Å²) in [6.45, 7) is 25.0. The lowest BCUT2D eigenvalue weighted by molar-refractivity contribution is -0.320. The maximum atomic E-state index is 15.0. The third kappa shape index (κ3) is 42.6. The van der Waals surface area contributed by atoms with E-state index in [-0.39, 0.29) is 63.7 Å². The van der Waals surface area contributed by atoms with E-state index in [0.29, 0.717) is 45.7 Å². The summed E-state index contributed by atoms with van der Waals surface area (Å²) < 4.78 is 100. The molecule has 2 saturated heterocycles. The van der Waals surface area contributed by atoms with Gasteiger partial charge >= 0.3 is 25.7 Å². The Hall–Kier alpha value is -1.76. The van der Waals surface area contributed by atoms with Gasteiger partial charge in [0.15, 0.2) is 12.6 Å². The summed E-state index contributed by atoms with van der Waals surface area (Å²) in [4.78, 5) is 43.1. The van der Waals surface area contributed by atoms with Gasteiger partial charge in [0.25, 0.3) is 0 Å². The van der Waals surface area contributed by atoms with Crippen LogP contribution in [0.5, 0.6) is 0 Å². The lowest BCUT2D eigenvalue weighted by atomic mass is 9.91. The topological polar surface area (TPSA) is 188 Å². The fraction of sp³-hybridized carbons (Fsp3) is 0.962. The summed E-state index contributed by atoms with van der Waals surface area (Å²) in [6, 6.07) is 0. The van der Waals surface area contributed by atoms with Crippen molar-refractivity contribution in [3.63, 3.8) is 0 Å². The highest BCUT2D eigenvalue weighted by Crippen LogP contribution is 2.53. The Morgan fingerprint density at radius 3 is 1.23 bits per heavy atom. The molecule has 0 aromatic rings. The molecule has 2 aliphatic heterocycles. The van der Waals surface area contributed by atoms with E-state index in [9.17, 15) is 14.4 Å². The van der Waals surface area contributed by atoms with Crippen molar-refractivity contribution in [2.75, 3.05) is 52.9 Å². The standard InChI is InChI=1S/C78H149O17P/c1-12-21-30-33-36-39-42-45-48-51-66(84-55-25-16-5)60-71(80)93-73-64(10)77(86-57-27-18-7)92-69(75(73)85-56-26-17-6)63-87-78-65(11)74(76(68(91-78)62-83-54-24-15-4)95-96(82,88-58-28-19-8)89-59-29-20-9)94-72(81)61-67(52-49-46-43-40-37-34-31-22-13-2)90-70(79)53-50-47-44-41-38-35-32-23-14-3/h64-69,73-78H,12-63H2,1-11H3/t64?,65?,66-,67-,68?,69?,73-,74?,75-,76-,77+,78-/m1/s1. The van der Waals surface area contributed by atoms with Gasteiger partial charge in [-0.05, 0) is 64.2 Å². The SMILES string of the molecule is CCCCCCCCCCCC(=O)O[C@H](CCCCCCCCCCC)CC(=O)OC1C(C)[C@H](OCC2O[C@H](OCCCC)C(C)[C@@H](OC(=O)C[C@@H](CCCCCCCCCCC)OCCCC)[C@@H]2OCCCC)OC(COCCCC)[C@H]1OP(=O)(OCCCC)OCCCC. The van der Waals surface area contributed by atoms with Crippen molar-refractivity contribution in [3.05, 3.63) is 0 Å². The Morgan fingerprint density at radius 2 is 0.740 bits per heavy atom. The molecule has 0 spiro atoms. The molecule has 0 radical (unpaired) electrons. The Balaban J connectivity index is 2.64. The molecule has 0 bridgehead atoms. The number of phosphoric acid groups is 1. The molecule has 0 N–H and O–H groups in total. The van der Waals surface area contributed by atoms with Crippen molar-refractivity contribution in [2.24, 2.45) is 11.8 Å². The zero-order valence-electron chi connectivity index (χ0n) is 63.6. The Morgan fingerprint density at radius 1 is 0.365 bits per heavy atom. The van der Waals surface area contributed by atoms with Gasteiger partial charge in [0, 0.05) is 44.7 Å². The number of rotatable bonds is 67. The quantitative estimate of drug-likeness (QED) is 0.0242. The summed E-state index contributed by atoms with van der Waals surface area (Å²) in [7, 11) is -4.33. The minimum absolute atomic E-state index is 0.0270. The van der Waals surface area contributed by atoms with Crippen LogP contribution in [0.15, 0.2) is 0 Å². The minimum Gasteiger partial charge on any atom is -0.462 e. The van der Waals surface area contributed by atoms with Crippen molar-refractivity contribution in [2.45, 2.75) is 420 Å². The van der Waals surface area contributed by atoms with Crippen LogP contribution in [0.3, 0.4) is 0 Å². The summed E-state index contributed by atoms with van der Waals surface area (Å²) in [6.07, 6.45) is 34.0. The number of hydrogen-bond acceptors (Lipinski definition) is 17. The summed E-state index contributed by atoms with van der Waals surface area (Å²) in [5, 5.41) is 0. The molecule has 17 nitrogen and oxygen atoms in total. The second-order valence-corrected chi connectivity index (χ2v) is 29.6. The highest BCUT2D eigenvalue weighted by Gasteiger charge is 2.53. The normalized spacial score (nSPS) is 22.1. The van der Waals surface area contributed by atoms with Crippen molar-refractivity contribution >= 4 is 25.7 Å². The average molecular weight is 1390 g/mol. The third-order valence-corrected chi connectivity index (χ3v) is 20.3. The molecule has 12 atom stereocenters. The lowest BCUT2D eigenvalue weighted by Crippen LogP contribution is -2.60. The second kappa shape index (κ2) is 60.8. The van der Waals surface area contributed by atoms with Crippen LogP contribution in [0.1, 0.15) is 359 Å². The van der Waals surface area contributed by atoms with Gasteiger partial charge in [-0.25, -0.2) is 4.57 Å². The molecule has 2 aliphatic rings. The number of esters is 3. The molecular weight excluding hydrogens is 1240 g/mol. The van der Waals surface area contributed by atoms with Gasteiger partial charge in [0.05, 0.1) is 45.4 Å². The Labute approximate surface area is 587 Å². The Bertz CT molecular complexity index is 1850. The van der Waals surface area contributed by atoms with Crippen LogP contribution in [0, 0.1) is 11.8 Å². The van der Waals surface area contributed by atoms with Crippen LogP contribution in [-0.4, -0.2) is 132 Å². The van der Waals surface area contributed by atoms with E-state index in [4.69, 9.17) is 60.9 Å². The van der Waals surface area contributed by atoms with Crippen LogP contribution in [0.4, 0.5) is 0 Å². The average Bonchev–Trinajstić information content (AvgIpc) is 0.801. The predicted octanol–water partition coefficient (Wildman–Crippen LogP) is 21.1. The zero-order chi connectivity index (χ0) is 70.1. The molecule has 2 rings (SSSR count). The Kier molecular flexibility index (Phi) is 57.2. The molecule has 0 amide bonds. The highest BCUT2D eigenvalue weighted by atomic mass is 31.2. The first kappa shape index (κ1) is 90.3. The van der Waals surface area contributed by atoms with Crippen LogP contribution >= 0.6 is 7.82 Å². The molecule has 5 unspecified atom stereocenters. The van der Waals surface area contributed by atoms with Crippen molar-refractivity contribution in [1.29, 1.82) is 0 Å². The van der Waals surface area contributed by atoms with Gasteiger partial charge in [-0.1, -0.05) is 275 Å². The van der Waals surface area contributed by atoms with Crippen molar-refractivity contribution < 1.29 is 79.9 Å². The zero-order valence-corrected chi connectivity index (χ0v) is 64.5. The molecule has 2 fully saturated rings. The molecule has 0 aliphatic carbocycles. The first-order valence-corrected chi connectivity index (χ1v) is 41.7. The number of phosphoric ester groups is 1. The van der Waals surface area contributed by atoms with Gasteiger partial charge in [-0.2, -0.15) is 0 Å². The number of unbranched alkanes of at least 4 members (excludes halogenated alkanes) is 30. The highest BCUT2D eigenvalue weighted by molar-refractivity contribution is 7.48. The van der Waals surface area contributed by atoms with E-state index in [1.165, 1.54) is 109 Å². The molecule has 96 heavy (non-hydrogen) atoms. The lowest BCUT2D eigenvalue weighted by Gasteiger charge is -2.47. The van der Waals surface area contributed by atoms with Crippen LogP contribution < -0.4 is 0 Å². The number of ether oxygens (including phenoxy) is 10. The van der Waals surface area contributed by atoms with Crippen molar-refractivity contribution in [3.8, 4) is 0 Å². The number of hydrogen-bond donors (Lipinski definition) is 0. The van der Waals surface area contributed by atoms with Gasteiger partial charge in [-0.3, -0.25) is 28.0 Å². The van der Waals surface area contributed by atoms with Crippen LogP contribution in [0.2, 0.25) is 0 Å².